The summed E-state index contributed by atoms with van der Waals surface area (Å²) in [6, 6.07) is 14.1. The van der Waals surface area contributed by atoms with Gasteiger partial charge in [-0.1, -0.05) is 12.1 Å². The molecular weight excluding hydrogens is 348 g/mol. The predicted octanol–water partition coefficient (Wildman–Crippen LogP) is 4.25. The van der Waals surface area contributed by atoms with E-state index in [0.717, 1.165) is 47.4 Å². The third kappa shape index (κ3) is 3.85. The fourth-order valence-electron chi connectivity index (χ4n) is 3.31. The number of nitrogens with zero attached hydrogens (tertiary/aromatic N) is 1. The van der Waals surface area contributed by atoms with Gasteiger partial charge in [0.1, 0.15) is 5.75 Å². The minimum absolute atomic E-state index is 0.223. The molecule has 1 atom stereocenters. The number of methoxy groups -OCH3 is 3. The van der Waals surface area contributed by atoms with Gasteiger partial charge in [-0.25, -0.2) is 0 Å². The first-order chi connectivity index (χ1) is 12.7. The summed E-state index contributed by atoms with van der Waals surface area (Å²) in [6.45, 7) is 0.925. The highest BCUT2D eigenvalue weighted by atomic mass is 32.1. The summed E-state index contributed by atoms with van der Waals surface area (Å²) in [7, 11) is 4.96. The maximum Gasteiger partial charge on any atom is 0.173 e. The van der Waals surface area contributed by atoms with Crippen molar-refractivity contribution < 1.29 is 14.2 Å². The van der Waals surface area contributed by atoms with Crippen LogP contribution in [0.5, 0.6) is 17.2 Å². The molecule has 2 aromatic rings. The second-order valence-corrected chi connectivity index (χ2v) is 6.51. The summed E-state index contributed by atoms with van der Waals surface area (Å²) in [6.07, 6.45) is 2.15. The van der Waals surface area contributed by atoms with Crippen LogP contribution < -0.4 is 19.5 Å². The van der Waals surface area contributed by atoms with E-state index in [1.165, 1.54) is 5.56 Å². The van der Waals surface area contributed by atoms with Crippen LogP contribution in [-0.4, -0.2) is 37.9 Å². The molecule has 138 valence electrons. The lowest BCUT2D eigenvalue weighted by molar-refractivity contribution is 0.351. The average molecular weight is 372 g/mol. The van der Waals surface area contributed by atoms with Crippen molar-refractivity contribution in [3.8, 4) is 17.2 Å². The first kappa shape index (κ1) is 18.3. The number of anilines is 1. The second-order valence-electron chi connectivity index (χ2n) is 6.13. The van der Waals surface area contributed by atoms with Crippen molar-refractivity contribution in [2.45, 2.75) is 18.9 Å². The van der Waals surface area contributed by atoms with Gasteiger partial charge in [-0.3, -0.25) is 0 Å². The van der Waals surface area contributed by atoms with Crippen molar-refractivity contribution in [1.82, 2.24) is 4.90 Å². The molecule has 5 nitrogen and oxygen atoms in total. The molecule has 1 aliphatic heterocycles. The predicted molar refractivity (Wildman–Crippen MR) is 107 cm³/mol. The van der Waals surface area contributed by atoms with Crippen LogP contribution in [-0.2, 0) is 0 Å². The quantitative estimate of drug-likeness (QED) is 0.792. The number of thiocarbonyl (C=S) groups is 1. The molecule has 26 heavy (non-hydrogen) atoms. The highest BCUT2D eigenvalue weighted by Crippen LogP contribution is 2.37. The Bertz CT molecular complexity index is 781. The fraction of sp³-hybridized carbons (Fsp3) is 0.350. The summed E-state index contributed by atoms with van der Waals surface area (Å²) in [4.78, 5) is 2.23. The van der Waals surface area contributed by atoms with Gasteiger partial charge in [-0.15, -0.1) is 0 Å². The number of benzene rings is 2. The zero-order valence-corrected chi connectivity index (χ0v) is 16.1. The van der Waals surface area contributed by atoms with Crippen LogP contribution in [0.1, 0.15) is 24.4 Å². The maximum absolute atomic E-state index is 5.68. The van der Waals surface area contributed by atoms with Crippen LogP contribution in [0.25, 0.3) is 0 Å². The van der Waals surface area contributed by atoms with E-state index in [4.69, 9.17) is 26.4 Å². The van der Waals surface area contributed by atoms with Crippen molar-refractivity contribution >= 4 is 23.0 Å². The van der Waals surface area contributed by atoms with E-state index >= 15 is 0 Å². The number of nitrogens with one attached hydrogen (secondary N) is 1. The van der Waals surface area contributed by atoms with Crippen molar-refractivity contribution in [3.05, 3.63) is 48.0 Å². The Labute approximate surface area is 159 Å². The summed E-state index contributed by atoms with van der Waals surface area (Å²) in [5.74, 6) is 2.28. The van der Waals surface area contributed by atoms with E-state index in [9.17, 15) is 0 Å². The topological polar surface area (TPSA) is 43.0 Å². The minimum Gasteiger partial charge on any atom is -0.497 e. The smallest absolute Gasteiger partial charge is 0.173 e. The molecule has 0 spiro atoms. The SMILES string of the molecule is COc1cccc(NC(=S)N2CCC[C@H]2c2ccc(OC)c(OC)c2)c1. The van der Waals surface area contributed by atoms with Crippen molar-refractivity contribution in [2.24, 2.45) is 0 Å². The Morgan fingerprint density at radius 1 is 1.04 bits per heavy atom. The molecule has 1 heterocycles. The largest absolute Gasteiger partial charge is 0.497 e. The van der Waals surface area contributed by atoms with Gasteiger partial charge < -0.3 is 24.4 Å². The molecule has 6 heteroatoms. The molecule has 1 aliphatic rings. The first-order valence-electron chi connectivity index (χ1n) is 8.60. The Morgan fingerprint density at radius 3 is 2.58 bits per heavy atom. The number of hydrogen-bond acceptors (Lipinski definition) is 4. The Kier molecular flexibility index (Phi) is 5.83. The average Bonchev–Trinajstić information content (AvgIpc) is 3.17. The molecule has 0 aromatic heterocycles. The number of ether oxygens (including phenoxy) is 3. The zero-order chi connectivity index (χ0) is 18.5. The molecule has 1 saturated heterocycles. The normalized spacial score (nSPS) is 16.3. The Hall–Kier alpha value is -2.47. The number of hydrogen-bond donors (Lipinski definition) is 1. The van der Waals surface area contributed by atoms with Crippen molar-refractivity contribution in [1.29, 1.82) is 0 Å². The highest BCUT2D eigenvalue weighted by molar-refractivity contribution is 7.80. The molecule has 0 unspecified atom stereocenters. The van der Waals surface area contributed by atoms with Gasteiger partial charge in [-0.05, 0) is 54.9 Å². The van der Waals surface area contributed by atoms with Gasteiger partial charge in [0.05, 0.1) is 27.4 Å². The van der Waals surface area contributed by atoms with Crippen LogP contribution in [0.3, 0.4) is 0 Å². The van der Waals surface area contributed by atoms with E-state index in [2.05, 4.69) is 16.3 Å². The summed E-state index contributed by atoms with van der Waals surface area (Å²) in [5.41, 5.74) is 2.10. The van der Waals surface area contributed by atoms with Gasteiger partial charge in [0.2, 0.25) is 0 Å². The molecule has 0 amide bonds. The van der Waals surface area contributed by atoms with Gasteiger partial charge in [0, 0.05) is 18.3 Å². The number of likely N-dealkylation sites (tertiary alicyclic amines) is 1. The Morgan fingerprint density at radius 2 is 1.85 bits per heavy atom. The van der Waals surface area contributed by atoms with Crippen molar-refractivity contribution in [2.75, 3.05) is 33.2 Å². The summed E-state index contributed by atoms with van der Waals surface area (Å²) >= 11 is 5.68. The van der Waals surface area contributed by atoms with Crippen LogP contribution in [0.4, 0.5) is 5.69 Å². The van der Waals surface area contributed by atoms with Crippen LogP contribution >= 0.6 is 12.2 Å². The maximum atomic E-state index is 5.68. The second kappa shape index (κ2) is 8.27. The monoisotopic (exact) mass is 372 g/mol. The van der Waals surface area contributed by atoms with E-state index in [0.29, 0.717) is 0 Å². The molecule has 0 bridgehead atoms. The summed E-state index contributed by atoms with van der Waals surface area (Å²) < 4.78 is 16.1. The Balaban J connectivity index is 1.78. The third-order valence-corrected chi connectivity index (χ3v) is 4.96. The van der Waals surface area contributed by atoms with Crippen LogP contribution in [0, 0.1) is 0 Å². The van der Waals surface area contributed by atoms with E-state index in [1.807, 2.05) is 36.4 Å². The molecule has 0 aliphatic carbocycles. The van der Waals surface area contributed by atoms with Crippen LogP contribution in [0.15, 0.2) is 42.5 Å². The van der Waals surface area contributed by atoms with Crippen LogP contribution in [0.2, 0.25) is 0 Å². The van der Waals surface area contributed by atoms with Gasteiger partial charge in [-0.2, -0.15) is 0 Å². The molecule has 2 aromatic carbocycles. The van der Waals surface area contributed by atoms with Gasteiger partial charge >= 0.3 is 0 Å². The molecule has 3 rings (SSSR count). The fourth-order valence-corrected chi connectivity index (χ4v) is 3.65. The summed E-state index contributed by atoms with van der Waals surface area (Å²) in [5, 5.41) is 4.05. The first-order valence-corrected chi connectivity index (χ1v) is 9.00. The van der Waals surface area contributed by atoms with E-state index < -0.39 is 0 Å². The molecule has 0 saturated carbocycles. The van der Waals surface area contributed by atoms with Crippen molar-refractivity contribution in [3.63, 3.8) is 0 Å². The standard InChI is InChI=1S/C20H24N2O3S/c1-23-16-7-4-6-15(13-16)21-20(26)22-11-5-8-17(22)14-9-10-18(24-2)19(12-14)25-3/h4,6-7,9-10,12-13,17H,5,8,11H2,1-3H3,(H,21,26)/t17-/m0/s1. The molecular formula is C20H24N2O3S. The van der Waals surface area contributed by atoms with Gasteiger partial charge in [0.15, 0.2) is 16.6 Å². The van der Waals surface area contributed by atoms with E-state index in [-0.39, 0.29) is 6.04 Å². The lowest BCUT2D eigenvalue weighted by atomic mass is 10.0. The van der Waals surface area contributed by atoms with E-state index in [1.54, 1.807) is 21.3 Å². The highest BCUT2D eigenvalue weighted by Gasteiger charge is 2.28. The lowest BCUT2D eigenvalue weighted by Crippen LogP contribution is -2.34. The van der Waals surface area contributed by atoms with Gasteiger partial charge in [0.25, 0.3) is 0 Å². The minimum atomic E-state index is 0.223. The molecule has 0 radical (unpaired) electrons. The third-order valence-electron chi connectivity index (χ3n) is 4.63. The number of rotatable bonds is 5. The molecule has 1 fully saturated rings. The lowest BCUT2D eigenvalue weighted by Gasteiger charge is -2.28. The molecule has 1 N–H and O–H groups in total. The zero-order valence-electron chi connectivity index (χ0n) is 15.3.